The molecule has 0 spiro atoms. The first-order chi connectivity index (χ1) is 29.0. The molecule has 0 aromatic carbocycles. The number of carbonyl (C=O) groups is 3. The van der Waals surface area contributed by atoms with E-state index in [9.17, 15) is 14.4 Å². The van der Waals surface area contributed by atoms with Gasteiger partial charge in [-0.05, 0) is 103 Å². The molecular weight excluding hydrogens is 733 g/mol. The molecule has 0 rings (SSSR count). The molecule has 0 aromatic heterocycles. The Morgan fingerprint density at radius 3 is 1.14 bits per heavy atom. The van der Waals surface area contributed by atoms with Crippen LogP contribution in [0.15, 0.2) is 72.9 Å². The zero-order valence-electron chi connectivity index (χ0n) is 38.5. The Balaban J connectivity index is 4.39. The first-order valence-electron chi connectivity index (χ1n) is 24.4. The Morgan fingerprint density at radius 2 is 0.695 bits per heavy atom. The Bertz CT molecular complexity index is 1130. The van der Waals surface area contributed by atoms with Gasteiger partial charge in [-0.15, -0.1) is 0 Å². The van der Waals surface area contributed by atoms with Crippen LogP contribution in [0.25, 0.3) is 0 Å². The molecule has 6 nitrogen and oxygen atoms in total. The van der Waals surface area contributed by atoms with Crippen LogP contribution in [0.3, 0.4) is 0 Å². The molecule has 59 heavy (non-hydrogen) atoms. The van der Waals surface area contributed by atoms with E-state index in [1.807, 2.05) is 0 Å². The molecule has 0 aliphatic heterocycles. The smallest absolute Gasteiger partial charge is 0.306 e. The lowest BCUT2D eigenvalue weighted by Crippen LogP contribution is -2.30. The van der Waals surface area contributed by atoms with Crippen LogP contribution in [0.1, 0.15) is 226 Å². The van der Waals surface area contributed by atoms with Crippen LogP contribution in [-0.2, 0) is 28.6 Å². The summed E-state index contributed by atoms with van der Waals surface area (Å²) in [6.45, 7) is 6.39. The second-order valence-corrected chi connectivity index (χ2v) is 16.0. The lowest BCUT2D eigenvalue weighted by molar-refractivity contribution is -0.167. The molecule has 338 valence electrons. The van der Waals surface area contributed by atoms with Crippen molar-refractivity contribution in [3.63, 3.8) is 0 Å². The summed E-state index contributed by atoms with van der Waals surface area (Å²) in [5, 5.41) is 0. The fourth-order valence-corrected chi connectivity index (χ4v) is 6.49. The van der Waals surface area contributed by atoms with Gasteiger partial charge in [-0.3, -0.25) is 14.4 Å². The fourth-order valence-electron chi connectivity index (χ4n) is 6.49. The molecule has 1 atom stereocenters. The van der Waals surface area contributed by atoms with Crippen LogP contribution in [0, 0.1) is 0 Å². The highest BCUT2D eigenvalue weighted by Gasteiger charge is 2.19. The van der Waals surface area contributed by atoms with Crippen LogP contribution in [0.2, 0.25) is 0 Å². The number of hydrogen-bond acceptors (Lipinski definition) is 6. The highest BCUT2D eigenvalue weighted by molar-refractivity contribution is 5.71. The van der Waals surface area contributed by atoms with Crippen molar-refractivity contribution in [2.75, 3.05) is 13.2 Å². The van der Waals surface area contributed by atoms with Gasteiger partial charge < -0.3 is 14.2 Å². The van der Waals surface area contributed by atoms with Crippen LogP contribution < -0.4 is 0 Å². The van der Waals surface area contributed by atoms with E-state index in [1.165, 1.54) is 70.6 Å². The van der Waals surface area contributed by atoms with E-state index in [1.54, 1.807) is 0 Å². The minimum atomic E-state index is -0.795. The molecule has 0 aromatic rings. The molecule has 0 saturated carbocycles. The summed E-state index contributed by atoms with van der Waals surface area (Å²) >= 11 is 0. The zero-order chi connectivity index (χ0) is 43.0. The van der Waals surface area contributed by atoms with Gasteiger partial charge in [-0.25, -0.2) is 0 Å². The molecule has 0 heterocycles. The molecule has 1 unspecified atom stereocenters. The van der Waals surface area contributed by atoms with E-state index in [0.717, 1.165) is 116 Å². The van der Waals surface area contributed by atoms with E-state index in [0.29, 0.717) is 12.8 Å². The number of rotatable bonds is 43. The number of ether oxygens (including phenoxy) is 3. The first kappa shape index (κ1) is 55.9. The van der Waals surface area contributed by atoms with E-state index in [2.05, 4.69) is 93.7 Å². The van der Waals surface area contributed by atoms with Crippen molar-refractivity contribution in [1.29, 1.82) is 0 Å². The molecule has 0 aliphatic carbocycles. The molecule has 0 bridgehead atoms. The third-order valence-electron chi connectivity index (χ3n) is 10.1. The highest BCUT2D eigenvalue weighted by atomic mass is 16.6. The van der Waals surface area contributed by atoms with Gasteiger partial charge in [-0.1, -0.05) is 177 Å². The van der Waals surface area contributed by atoms with Crippen LogP contribution >= 0.6 is 0 Å². The van der Waals surface area contributed by atoms with Gasteiger partial charge in [0.2, 0.25) is 0 Å². The summed E-state index contributed by atoms with van der Waals surface area (Å²) < 4.78 is 16.7. The predicted octanol–water partition coefficient (Wildman–Crippen LogP) is 15.9. The SMILES string of the molecule is CC/C=C\C/C=C\C/C=C\CCCCCC(=O)OC(COC(=O)CCCCCCC/C=C\CCC)COC(=O)CCCCCCCCC/C=C\C/C=C\CCCCCC. The van der Waals surface area contributed by atoms with Gasteiger partial charge in [0.15, 0.2) is 6.10 Å². The molecule has 0 fully saturated rings. The van der Waals surface area contributed by atoms with Crippen LogP contribution in [-0.4, -0.2) is 37.2 Å². The van der Waals surface area contributed by atoms with Crippen molar-refractivity contribution in [2.45, 2.75) is 232 Å². The topological polar surface area (TPSA) is 78.9 Å². The molecule has 0 N–H and O–H groups in total. The van der Waals surface area contributed by atoms with Crippen LogP contribution in [0.4, 0.5) is 0 Å². The Morgan fingerprint density at radius 1 is 0.356 bits per heavy atom. The quantitative estimate of drug-likeness (QED) is 0.0264. The van der Waals surface area contributed by atoms with Crippen molar-refractivity contribution in [3.8, 4) is 0 Å². The number of allylic oxidation sites excluding steroid dienone is 12. The van der Waals surface area contributed by atoms with Crippen LogP contribution in [0.5, 0.6) is 0 Å². The minimum Gasteiger partial charge on any atom is -0.462 e. The standard InChI is InChI=1S/C53H90O6/c1-4-7-10-13-16-19-22-24-25-26-27-28-30-31-34-37-40-43-46-52(55)58-49-50(48-57-51(54)45-42-39-36-33-21-18-15-12-9-6-3)59-53(56)47-44-41-38-35-32-29-23-20-17-14-11-8-5-2/h8,11-12,15,17,19-20,22,25-26,29,32,50H,4-7,9-10,13-14,16,18,21,23-24,27-28,30-31,33-49H2,1-3H3/b11-8-,15-12-,20-17-,22-19-,26-25-,32-29-. The second-order valence-electron chi connectivity index (χ2n) is 16.0. The third kappa shape index (κ3) is 45.8. The molecule has 0 saturated heterocycles. The van der Waals surface area contributed by atoms with E-state index in [4.69, 9.17) is 14.2 Å². The molecule has 0 amide bonds. The zero-order valence-corrected chi connectivity index (χ0v) is 38.5. The average molecular weight is 823 g/mol. The summed E-state index contributed by atoms with van der Waals surface area (Å²) in [5.74, 6) is -0.946. The number of carbonyl (C=O) groups excluding carboxylic acids is 3. The van der Waals surface area contributed by atoms with E-state index < -0.39 is 6.10 Å². The normalized spacial score (nSPS) is 12.7. The summed E-state index contributed by atoms with van der Waals surface area (Å²) in [6.07, 6.45) is 58.9. The van der Waals surface area contributed by atoms with Crippen molar-refractivity contribution in [1.82, 2.24) is 0 Å². The van der Waals surface area contributed by atoms with Gasteiger partial charge in [0, 0.05) is 19.3 Å². The molecule has 6 heteroatoms. The summed E-state index contributed by atoms with van der Waals surface area (Å²) in [5.41, 5.74) is 0. The third-order valence-corrected chi connectivity index (χ3v) is 10.1. The number of unbranched alkanes of at least 4 members (excludes halogenated alkanes) is 20. The fraction of sp³-hybridized carbons (Fsp3) is 0.717. The Hall–Kier alpha value is -3.15. The second kappa shape index (κ2) is 47.5. The van der Waals surface area contributed by atoms with Crippen molar-refractivity contribution >= 4 is 17.9 Å². The lowest BCUT2D eigenvalue weighted by atomic mass is 10.1. The van der Waals surface area contributed by atoms with Gasteiger partial charge in [0.05, 0.1) is 0 Å². The summed E-state index contributed by atoms with van der Waals surface area (Å²) in [6, 6.07) is 0. The lowest BCUT2D eigenvalue weighted by Gasteiger charge is -2.18. The van der Waals surface area contributed by atoms with Gasteiger partial charge in [0.25, 0.3) is 0 Å². The summed E-state index contributed by atoms with van der Waals surface area (Å²) in [4.78, 5) is 37.8. The number of esters is 3. The average Bonchev–Trinajstić information content (AvgIpc) is 3.23. The van der Waals surface area contributed by atoms with E-state index in [-0.39, 0.29) is 37.5 Å². The predicted molar refractivity (Wildman–Crippen MR) is 251 cm³/mol. The molecular formula is C53H90O6. The summed E-state index contributed by atoms with van der Waals surface area (Å²) in [7, 11) is 0. The van der Waals surface area contributed by atoms with Crippen molar-refractivity contribution in [3.05, 3.63) is 72.9 Å². The first-order valence-corrected chi connectivity index (χ1v) is 24.4. The largest absolute Gasteiger partial charge is 0.462 e. The Labute approximate surface area is 363 Å². The monoisotopic (exact) mass is 823 g/mol. The number of hydrogen-bond donors (Lipinski definition) is 0. The maximum atomic E-state index is 12.7. The van der Waals surface area contributed by atoms with Crippen molar-refractivity contribution < 1.29 is 28.6 Å². The Kier molecular flexibility index (Phi) is 45.0. The maximum absolute atomic E-state index is 12.7. The van der Waals surface area contributed by atoms with Crippen molar-refractivity contribution in [2.24, 2.45) is 0 Å². The van der Waals surface area contributed by atoms with Gasteiger partial charge in [0.1, 0.15) is 13.2 Å². The van der Waals surface area contributed by atoms with Gasteiger partial charge in [-0.2, -0.15) is 0 Å². The van der Waals surface area contributed by atoms with E-state index >= 15 is 0 Å². The van der Waals surface area contributed by atoms with Gasteiger partial charge >= 0.3 is 17.9 Å². The minimum absolute atomic E-state index is 0.0948. The molecule has 0 radical (unpaired) electrons. The molecule has 0 aliphatic rings. The maximum Gasteiger partial charge on any atom is 0.306 e. The highest BCUT2D eigenvalue weighted by Crippen LogP contribution is 2.13.